The highest BCUT2D eigenvalue weighted by molar-refractivity contribution is 5.26. The second-order valence-corrected chi connectivity index (χ2v) is 7.18. The van der Waals surface area contributed by atoms with Crippen molar-refractivity contribution in [2.75, 3.05) is 0 Å². The van der Waals surface area contributed by atoms with Gasteiger partial charge >= 0.3 is 0 Å². The lowest BCUT2D eigenvalue weighted by Gasteiger charge is -2.23. The zero-order chi connectivity index (χ0) is 16.8. The molecule has 0 bridgehead atoms. The number of aliphatic hydroxyl groups is 1. The topological polar surface area (TPSA) is 20.2 Å². The molecule has 2 rings (SSSR count). The molecule has 0 spiro atoms. The van der Waals surface area contributed by atoms with E-state index in [1.807, 2.05) is 48.5 Å². The molecule has 0 unspecified atom stereocenters. The van der Waals surface area contributed by atoms with Crippen molar-refractivity contribution in [1.29, 1.82) is 0 Å². The van der Waals surface area contributed by atoms with Crippen molar-refractivity contribution < 1.29 is 5.11 Å². The fourth-order valence-corrected chi connectivity index (χ4v) is 2.43. The molecule has 0 aliphatic carbocycles. The van der Waals surface area contributed by atoms with Gasteiger partial charge < -0.3 is 5.11 Å². The van der Waals surface area contributed by atoms with Crippen molar-refractivity contribution in [3.8, 4) is 11.8 Å². The molecule has 0 radical (unpaired) electrons. The SMILES string of the molecule is CC(C)(C)C#C[C@@](O)(CCc1ccccc1)Cc1ccccc1. The maximum atomic E-state index is 11.1. The summed E-state index contributed by atoms with van der Waals surface area (Å²) in [6.07, 6.45) is 2.02. The normalized spacial score (nSPS) is 13.7. The average Bonchev–Trinajstić information content (AvgIpc) is 2.53. The Morgan fingerprint density at radius 1 is 0.783 bits per heavy atom. The summed E-state index contributed by atoms with van der Waals surface area (Å²) in [4.78, 5) is 0. The van der Waals surface area contributed by atoms with Crippen molar-refractivity contribution in [2.45, 2.75) is 45.6 Å². The van der Waals surface area contributed by atoms with Crippen LogP contribution in [0.4, 0.5) is 0 Å². The molecule has 1 nitrogen and oxygen atoms in total. The highest BCUT2D eigenvalue weighted by Gasteiger charge is 2.25. The minimum atomic E-state index is -0.996. The molecule has 1 heteroatoms. The van der Waals surface area contributed by atoms with Gasteiger partial charge in [-0.25, -0.2) is 0 Å². The van der Waals surface area contributed by atoms with Gasteiger partial charge in [-0.3, -0.25) is 0 Å². The second kappa shape index (κ2) is 7.49. The van der Waals surface area contributed by atoms with E-state index in [2.05, 4.69) is 44.7 Å². The third kappa shape index (κ3) is 6.30. The molecule has 0 aromatic heterocycles. The van der Waals surface area contributed by atoms with Crippen molar-refractivity contribution in [3.63, 3.8) is 0 Å². The molecular formula is C22H26O. The molecule has 0 aliphatic rings. The number of rotatable bonds is 5. The molecule has 23 heavy (non-hydrogen) atoms. The van der Waals surface area contributed by atoms with Crippen LogP contribution in [-0.2, 0) is 12.8 Å². The van der Waals surface area contributed by atoms with Crippen LogP contribution in [0.5, 0.6) is 0 Å². The highest BCUT2D eigenvalue weighted by atomic mass is 16.3. The minimum Gasteiger partial charge on any atom is -0.377 e. The van der Waals surface area contributed by atoms with Gasteiger partial charge in [0.2, 0.25) is 0 Å². The Morgan fingerprint density at radius 3 is 1.83 bits per heavy atom. The van der Waals surface area contributed by atoms with Crippen LogP contribution in [0, 0.1) is 17.3 Å². The van der Waals surface area contributed by atoms with Gasteiger partial charge in [-0.05, 0) is 44.7 Å². The molecule has 2 aromatic carbocycles. The fourth-order valence-electron chi connectivity index (χ4n) is 2.43. The zero-order valence-corrected chi connectivity index (χ0v) is 14.3. The number of aryl methyl sites for hydroxylation is 1. The summed E-state index contributed by atoms with van der Waals surface area (Å²) in [5, 5.41) is 11.1. The average molecular weight is 306 g/mol. The molecule has 0 saturated carbocycles. The number of benzene rings is 2. The summed E-state index contributed by atoms with van der Waals surface area (Å²) in [6, 6.07) is 20.4. The maximum Gasteiger partial charge on any atom is 0.129 e. The number of hydrogen-bond donors (Lipinski definition) is 1. The van der Waals surface area contributed by atoms with E-state index in [0.717, 1.165) is 12.0 Å². The van der Waals surface area contributed by atoms with Crippen LogP contribution in [0.1, 0.15) is 38.3 Å². The van der Waals surface area contributed by atoms with Crippen LogP contribution in [0.2, 0.25) is 0 Å². The van der Waals surface area contributed by atoms with Crippen molar-refractivity contribution >= 4 is 0 Å². The molecule has 0 amide bonds. The Hall–Kier alpha value is -2.04. The molecule has 0 saturated heterocycles. The summed E-state index contributed by atoms with van der Waals surface area (Å²) in [5.41, 5.74) is 1.24. The third-order valence-corrected chi connectivity index (χ3v) is 3.68. The summed E-state index contributed by atoms with van der Waals surface area (Å²) < 4.78 is 0. The van der Waals surface area contributed by atoms with Gasteiger partial charge in [-0.2, -0.15) is 0 Å². The molecule has 120 valence electrons. The molecule has 0 aliphatic heterocycles. The Labute approximate surface area is 140 Å². The van der Waals surface area contributed by atoms with Gasteiger partial charge in [-0.1, -0.05) is 72.5 Å². The smallest absolute Gasteiger partial charge is 0.129 e. The first kappa shape index (κ1) is 17.3. The van der Waals surface area contributed by atoms with Gasteiger partial charge in [0.25, 0.3) is 0 Å². The lowest BCUT2D eigenvalue weighted by Crippen LogP contribution is -2.31. The van der Waals surface area contributed by atoms with Crippen molar-refractivity contribution in [3.05, 3.63) is 71.8 Å². The van der Waals surface area contributed by atoms with E-state index < -0.39 is 5.60 Å². The first-order valence-electron chi connectivity index (χ1n) is 8.21. The van der Waals surface area contributed by atoms with E-state index in [-0.39, 0.29) is 5.41 Å². The van der Waals surface area contributed by atoms with Gasteiger partial charge in [0.05, 0.1) is 0 Å². The van der Waals surface area contributed by atoms with Gasteiger partial charge in [0, 0.05) is 11.8 Å². The molecule has 1 N–H and O–H groups in total. The van der Waals surface area contributed by atoms with E-state index in [9.17, 15) is 5.11 Å². The van der Waals surface area contributed by atoms with Gasteiger partial charge in [-0.15, -0.1) is 0 Å². The van der Waals surface area contributed by atoms with Crippen LogP contribution >= 0.6 is 0 Å². The standard InChI is InChI=1S/C22H26O/c1-21(2,3)16-17-22(23,18-20-12-8-5-9-13-20)15-14-19-10-6-4-7-11-19/h4-13,23H,14-15,18H2,1-3H3/t22-/m0/s1. The van der Waals surface area contributed by atoms with E-state index >= 15 is 0 Å². The Morgan fingerprint density at radius 2 is 1.30 bits per heavy atom. The van der Waals surface area contributed by atoms with Crippen LogP contribution in [0.3, 0.4) is 0 Å². The van der Waals surface area contributed by atoms with Gasteiger partial charge in [0.15, 0.2) is 0 Å². The summed E-state index contributed by atoms with van der Waals surface area (Å²) in [7, 11) is 0. The van der Waals surface area contributed by atoms with E-state index in [1.54, 1.807) is 0 Å². The third-order valence-electron chi connectivity index (χ3n) is 3.68. The van der Waals surface area contributed by atoms with Crippen LogP contribution < -0.4 is 0 Å². The zero-order valence-electron chi connectivity index (χ0n) is 14.3. The van der Waals surface area contributed by atoms with Crippen molar-refractivity contribution in [2.24, 2.45) is 5.41 Å². The quantitative estimate of drug-likeness (QED) is 0.798. The number of hydrogen-bond acceptors (Lipinski definition) is 1. The summed E-state index contributed by atoms with van der Waals surface area (Å²) >= 11 is 0. The Bertz CT molecular complexity index is 656. The largest absolute Gasteiger partial charge is 0.377 e. The van der Waals surface area contributed by atoms with Crippen LogP contribution in [0.15, 0.2) is 60.7 Å². The van der Waals surface area contributed by atoms with E-state index in [4.69, 9.17) is 0 Å². The Balaban J connectivity index is 2.17. The predicted molar refractivity (Wildman–Crippen MR) is 97.1 cm³/mol. The van der Waals surface area contributed by atoms with Crippen molar-refractivity contribution in [1.82, 2.24) is 0 Å². The summed E-state index contributed by atoms with van der Waals surface area (Å²) in [5.74, 6) is 6.38. The molecule has 0 fully saturated rings. The molecule has 2 aromatic rings. The van der Waals surface area contributed by atoms with E-state index in [0.29, 0.717) is 12.8 Å². The Kier molecular flexibility index (Phi) is 5.64. The van der Waals surface area contributed by atoms with Crippen LogP contribution in [-0.4, -0.2) is 10.7 Å². The van der Waals surface area contributed by atoms with Crippen LogP contribution in [0.25, 0.3) is 0 Å². The highest BCUT2D eigenvalue weighted by Crippen LogP contribution is 2.21. The lowest BCUT2D eigenvalue weighted by atomic mass is 9.87. The summed E-state index contributed by atoms with van der Waals surface area (Å²) in [6.45, 7) is 6.21. The van der Waals surface area contributed by atoms with Gasteiger partial charge in [0.1, 0.15) is 5.60 Å². The lowest BCUT2D eigenvalue weighted by molar-refractivity contribution is 0.0920. The van der Waals surface area contributed by atoms with E-state index in [1.165, 1.54) is 5.56 Å². The molecular weight excluding hydrogens is 280 g/mol. The predicted octanol–water partition coefficient (Wildman–Crippen LogP) is 4.64. The minimum absolute atomic E-state index is 0.114. The fraction of sp³-hybridized carbons (Fsp3) is 0.364. The maximum absolute atomic E-state index is 11.1. The first-order valence-corrected chi connectivity index (χ1v) is 8.21. The first-order chi connectivity index (χ1) is 10.9. The molecule has 0 heterocycles. The second-order valence-electron chi connectivity index (χ2n) is 7.18. The monoisotopic (exact) mass is 306 g/mol. The molecule has 1 atom stereocenters.